The van der Waals surface area contributed by atoms with E-state index in [0.29, 0.717) is 0 Å². The second kappa shape index (κ2) is 7.68. The van der Waals surface area contributed by atoms with Crippen LogP contribution in [0.15, 0.2) is 36.4 Å². The van der Waals surface area contributed by atoms with Crippen molar-refractivity contribution in [1.82, 2.24) is 9.97 Å². The summed E-state index contributed by atoms with van der Waals surface area (Å²) in [5.41, 5.74) is 4.46. The summed E-state index contributed by atoms with van der Waals surface area (Å²) in [5, 5.41) is 0.723. The van der Waals surface area contributed by atoms with Gasteiger partial charge in [0.15, 0.2) is 0 Å². The van der Waals surface area contributed by atoms with Crippen LogP contribution in [0.1, 0.15) is 57.0 Å². The first-order valence-electron chi connectivity index (χ1n) is 10.2. The fraction of sp³-hybridized carbons (Fsp3) is 0.333. The Morgan fingerprint density at radius 2 is 1.90 bits per heavy atom. The van der Waals surface area contributed by atoms with Crippen LogP contribution in [0.3, 0.4) is 0 Å². The summed E-state index contributed by atoms with van der Waals surface area (Å²) in [6.45, 7) is 6.97. The molecule has 1 aliphatic rings. The Hall–Kier alpha value is -2.59. The first kappa shape index (κ1) is 19.7. The molecule has 0 atom stereocenters. The van der Waals surface area contributed by atoms with Gasteiger partial charge in [-0.15, -0.1) is 0 Å². The molecule has 0 saturated carbocycles. The molecule has 3 aromatic rings. The lowest BCUT2D eigenvalue weighted by molar-refractivity contribution is -0.122. The molecular weight excluding hydrogens is 382 g/mol. The number of benzene rings is 2. The lowest BCUT2D eigenvalue weighted by atomic mass is 9.86. The van der Waals surface area contributed by atoms with Crippen LogP contribution in [0.2, 0.25) is 5.02 Å². The zero-order valence-electron chi connectivity index (χ0n) is 17.1. The van der Waals surface area contributed by atoms with Crippen LogP contribution in [0, 0.1) is 0 Å². The molecule has 1 aromatic heterocycles. The number of carbonyl (C=O) groups excluding carboxylic acids is 1. The van der Waals surface area contributed by atoms with Gasteiger partial charge in [0.2, 0.25) is 5.91 Å². The maximum atomic E-state index is 13.0. The standard InChI is InChI=1S/C24H26ClN3O/c1-4-5-6-13-28-21-15-20-19(14-18(21)24(2,3)23(28)29)26-22(27-20)12-9-16-7-10-17(25)11-8-16/h7-12,14-15H,4-6,13H2,1-3H3,(H,26,27)/b12-9+. The molecule has 1 aliphatic heterocycles. The number of nitrogens with one attached hydrogen (secondary N) is 1. The fourth-order valence-electron chi connectivity index (χ4n) is 3.92. The number of halogens is 1. The third-order valence-electron chi connectivity index (χ3n) is 5.65. The van der Waals surface area contributed by atoms with Crippen molar-refractivity contribution in [2.45, 2.75) is 45.4 Å². The molecule has 1 N–H and O–H groups in total. The van der Waals surface area contributed by atoms with Gasteiger partial charge in [0.25, 0.3) is 0 Å². The molecule has 5 heteroatoms. The van der Waals surface area contributed by atoms with Gasteiger partial charge < -0.3 is 9.88 Å². The van der Waals surface area contributed by atoms with Crippen LogP contribution in [-0.2, 0) is 10.2 Å². The van der Waals surface area contributed by atoms with Gasteiger partial charge in [0.1, 0.15) is 5.82 Å². The van der Waals surface area contributed by atoms with Crippen molar-refractivity contribution in [3.63, 3.8) is 0 Å². The number of rotatable bonds is 6. The normalized spacial score (nSPS) is 15.6. The van der Waals surface area contributed by atoms with Crippen LogP contribution in [0.25, 0.3) is 23.2 Å². The molecule has 2 heterocycles. The summed E-state index contributed by atoms with van der Waals surface area (Å²) >= 11 is 5.95. The molecule has 150 valence electrons. The quantitative estimate of drug-likeness (QED) is 0.494. The van der Waals surface area contributed by atoms with Gasteiger partial charge in [-0.25, -0.2) is 4.98 Å². The number of H-pyrrole nitrogens is 1. The van der Waals surface area contributed by atoms with Crippen LogP contribution >= 0.6 is 11.6 Å². The summed E-state index contributed by atoms with van der Waals surface area (Å²) in [6.07, 6.45) is 7.26. The third kappa shape index (κ3) is 3.69. The Balaban J connectivity index is 1.67. The lowest BCUT2D eigenvalue weighted by Gasteiger charge is -2.20. The Morgan fingerprint density at radius 3 is 2.62 bits per heavy atom. The average molecular weight is 408 g/mol. The topological polar surface area (TPSA) is 49.0 Å². The van der Waals surface area contributed by atoms with Gasteiger partial charge in [0, 0.05) is 11.6 Å². The number of nitrogens with zero attached hydrogens (tertiary/aromatic N) is 2. The summed E-state index contributed by atoms with van der Waals surface area (Å²) in [4.78, 5) is 23.0. The van der Waals surface area contributed by atoms with Crippen molar-refractivity contribution in [2.24, 2.45) is 0 Å². The van der Waals surface area contributed by atoms with Crippen LogP contribution < -0.4 is 4.90 Å². The number of hydrogen-bond acceptors (Lipinski definition) is 2. The molecule has 29 heavy (non-hydrogen) atoms. The molecule has 0 radical (unpaired) electrons. The van der Waals surface area contributed by atoms with Gasteiger partial charge >= 0.3 is 0 Å². The number of unbranched alkanes of at least 4 members (excludes halogenated alkanes) is 2. The number of imidazole rings is 1. The number of carbonyl (C=O) groups is 1. The Morgan fingerprint density at radius 1 is 1.14 bits per heavy atom. The summed E-state index contributed by atoms with van der Waals surface area (Å²) in [5.74, 6) is 0.972. The van der Waals surface area contributed by atoms with E-state index in [1.807, 2.05) is 55.2 Å². The molecular formula is C24H26ClN3O. The third-order valence-corrected chi connectivity index (χ3v) is 5.90. The lowest BCUT2D eigenvalue weighted by Crippen LogP contribution is -2.36. The van der Waals surface area contributed by atoms with Gasteiger partial charge in [-0.2, -0.15) is 0 Å². The number of hydrogen-bond donors (Lipinski definition) is 1. The van der Waals surface area contributed by atoms with E-state index in [-0.39, 0.29) is 5.91 Å². The van der Waals surface area contributed by atoms with Crippen LogP contribution in [0.5, 0.6) is 0 Å². The molecule has 0 fully saturated rings. The average Bonchev–Trinajstić information content (AvgIpc) is 3.18. The van der Waals surface area contributed by atoms with E-state index in [4.69, 9.17) is 16.6 Å². The highest BCUT2D eigenvalue weighted by Gasteiger charge is 2.43. The highest BCUT2D eigenvalue weighted by molar-refractivity contribution is 6.30. The second-order valence-electron chi connectivity index (χ2n) is 8.18. The molecule has 0 bridgehead atoms. The van der Waals surface area contributed by atoms with E-state index in [9.17, 15) is 4.79 Å². The summed E-state index contributed by atoms with van der Waals surface area (Å²) < 4.78 is 0. The maximum Gasteiger partial charge on any atom is 0.237 e. The molecule has 0 aliphatic carbocycles. The number of aromatic amines is 1. The maximum absolute atomic E-state index is 13.0. The smallest absolute Gasteiger partial charge is 0.237 e. The van der Waals surface area contributed by atoms with E-state index < -0.39 is 5.41 Å². The van der Waals surface area contributed by atoms with Crippen molar-refractivity contribution >= 4 is 46.4 Å². The molecule has 1 amide bonds. The summed E-state index contributed by atoms with van der Waals surface area (Å²) in [6, 6.07) is 11.8. The van der Waals surface area contributed by atoms with E-state index in [1.165, 1.54) is 0 Å². The number of amides is 1. The first-order chi connectivity index (χ1) is 13.9. The molecule has 4 rings (SSSR count). The first-order valence-corrected chi connectivity index (χ1v) is 10.6. The fourth-order valence-corrected chi connectivity index (χ4v) is 4.05. The molecule has 0 saturated heterocycles. The monoisotopic (exact) mass is 407 g/mol. The number of fused-ring (bicyclic) bond motifs is 2. The minimum Gasteiger partial charge on any atom is -0.338 e. The van der Waals surface area contributed by atoms with Crippen molar-refractivity contribution in [3.05, 3.63) is 58.4 Å². The predicted octanol–water partition coefficient (Wildman–Crippen LogP) is 6.20. The minimum atomic E-state index is -0.514. The zero-order valence-corrected chi connectivity index (χ0v) is 17.9. The highest BCUT2D eigenvalue weighted by atomic mass is 35.5. The van der Waals surface area contributed by atoms with E-state index in [2.05, 4.69) is 24.0 Å². The second-order valence-corrected chi connectivity index (χ2v) is 8.62. The van der Waals surface area contributed by atoms with E-state index in [0.717, 1.165) is 64.5 Å². The largest absolute Gasteiger partial charge is 0.338 e. The van der Waals surface area contributed by atoms with Crippen LogP contribution in [-0.4, -0.2) is 22.4 Å². The zero-order chi connectivity index (χ0) is 20.6. The Labute approximate surface area is 176 Å². The highest BCUT2D eigenvalue weighted by Crippen LogP contribution is 2.43. The van der Waals surface area contributed by atoms with Crippen molar-refractivity contribution in [1.29, 1.82) is 0 Å². The van der Waals surface area contributed by atoms with Gasteiger partial charge in [-0.1, -0.05) is 49.6 Å². The van der Waals surface area contributed by atoms with Crippen molar-refractivity contribution < 1.29 is 4.79 Å². The molecule has 2 aromatic carbocycles. The Bertz CT molecular complexity index is 1080. The van der Waals surface area contributed by atoms with Crippen LogP contribution in [0.4, 0.5) is 5.69 Å². The van der Waals surface area contributed by atoms with E-state index in [1.54, 1.807) is 0 Å². The molecule has 4 nitrogen and oxygen atoms in total. The number of anilines is 1. The molecule has 0 spiro atoms. The van der Waals surface area contributed by atoms with Gasteiger partial charge in [-0.05, 0) is 61.7 Å². The predicted molar refractivity (Wildman–Crippen MR) is 121 cm³/mol. The van der Waals surface area contributed by atoms with Gasteiger partial charge in [-0.3, -0.25) is 4.79 Å². The van der Waals surface area contributed by atoms with Crippen molar-refractivity contribution in [3.8, 4) is 0 Å². The Kier molecular flexibility index (Phi) is 5.22. The van der Waals surface area contributed by atoms with Gasteiger partial charge in [0.05, 0.1) is 22.1 Å². The SMILES string of the molecule is CCCCCN1C(=O)C(C)(C)c2cc3[nH]c(/C=C/c4ccc(Cl)cc4)nc3cc21. The number of aromatic nitrogens is 2. The summed E-state index contributed by atoms with van der Waals surface area (Å²) in [7, 11) is 0. The van der Waals surface area contributed by atoms with E-state index >= 15 is 0 Å². The van der Waals surface area contributed by atoms with Crippen molar-refractivity contribution in [2.75, 3.05) is 11.4 Å². The molecule has 0 unspecified atom stereocenters. The minimum absolute atomic E-state index is 0.180.